The summed E-state index contributed by atoms with van der Waals surface area (Å²) in [6, 6.07) is 5.14. The van der Waals surface area contributed by atoms with Gasteiger partial charge in [0, 0.05) is 5.56 Å². The molecule has 0 saturated heterocycles. The standard InChI is InChI=1S/C13H9F6N3O3/c14-12(15,16)9(13(17,18)19)11-21-10(22-25-11)6-1-3-7(4-2-6)24-5-8(20)23/h1-4,9H,5H2,(H2,20,23). The van der Waals surface area contributed by atoms with Gasteiger partial charge < -0.3 is 15.0 Å². The highest BCUT2D eigenvalue weighted by Crippen LogP contribution is 2.45. The van der Waals surface area contributed by atoms with E-state index in [0.717, 1.165) is 0 Å². The van der Waals surface area contributed by atoms with Crippen LogP contribution in [0.1, 0.15) is 11.8 Å². The molecule has 1 amide bonds. The first-order valence-electron chi connectivity index (χ1n) is 6.47. The van der Waals surface area contributed by atoms with Gasteiger partial charge in [-0.15, -0.1) is 0 Å². The summed E-state index contributed by atoms with van der Waals surface area (Å²) >= 11 is 0. The van der Waals surface area contributed by atoms with Gasteiger partial charge in [-0.1, -0.05) is 5.16 Å². The molecule has 0 unspecified atom stereocenters. The summed E-state index contributed by atoms with van der Waals surface area (Å²) < 4.78 is 84.8. The van der Waals surface area contributed by atoms with E-state index in [2.05, 4.69) is 14.7 Å². The molecule has 0 aliphatic rings. The first kappa shape index (κ1) is 18.5. The second-order valence-corrected chi connectivity index (χ2v) is 4.75. The van der Waals surface area contributed by atoms with Crippen molar-refractivity contribution in [3.63, 3.8) is 0 Å². The van der Waals surface area contributed by atoms with Gasteiger partial charge in [-0.05, 0) is 24.3 Å². The number of rotatable bonds is 5. The molecular weight excluding hydrogens is 360 g/mol. The molecule has 1 heterocycles. The van der Waals surface area contributed by atoms with Gasteiger partial charge >= 0.3 is 12.4 Å². The van der Waals surface area contributed by atoms with Crippen molar-refractivity contribution in [3.8, 4) is 17.1 Å². The normalized spacial score (nSPS) is 12.4. The van der Waals surface area contributed by atoms with Crippen molar-refractivity contribution in [3.05, 3.63) is 30.2 Å². The van der Waals surface area contributed by atoms with Gasteiger partial charge in [0.2, 0.25) is 17.6 Å². The number of nitrogens with two attached hydrogens (primary N) is 1. The smallest absolute Gasteiger partial charge is 0.409 e. The van der Waals surface area contributed by atoms with Crippen molar-refractivity contribution in [2.45, 2.75) is 18.3 Å². The van der Waals surface area contributed by atoms with Crippen molar-refractivity contribution in [1.82, 2.24) is 10.1 Å². The number of carbonyl (C=O) groups is 1. The molecule has 2 rings (SSSR count). The van der Waals surface area contributed by atoms with Crippen LogP contribution in [0, 0.1) is 0 Å². The lowest BCUT2D eigenvalue weighted by molar-refractivity contribution is -0.259. The third-order valence-electron chi connectivity index (χ3n) is 2.84. The Balaban J connectivity index is 2.24. The molecule has 6 nitrogen and oxygen atoms in total. The monoisotopic (exact) mass is 369 g/mol. The predicted molar refractivity (Wildman–Crippen MR) is 69.3 cm³/mol. The van der Waals surface area contributed by atoms with E-state index in [9.17, 15) is 31.1 Å². The molecule has 0 aliphatic heterocycles. The molecular formula is C13H9F6N3O3. The molecule has 0 atom stereocenters. The van der Waals surface area contributed by atoms with Crippen LogP contribution in [-0.4, -0.2) is 35.0 Å². The minimum atomic E-state index is -5.63. The molecule has 2 aromatic rings. The Labute approximate surface area is 135 Å². The second kappa shape index (κ2) is 6.61. The van der Waals surface area contributed by atoms with Crippen molar-refractivity contribution in [2.24, 2.45) is 5.73 Å². The summed E-state index contributed by atoms with van der Waals surface area (Å²) in [7, 11) is 0. The highest BCUT2D eigenvalue weighted by atomic mass is 19.4. The second-order valence-electron chi connectivity index (χ2n) is 4.75. The largest absolute Gasteiger partial charge is 0.484 e. The lowest BCUT2D eigenvalue weighted by atomic mass is 10.1. The molecule has 0 fully saturated rings. The number of halogens is 6. The van der Waals surface area contributed by atoms with Crippen LogP contribution < -0.4 is 10.5 Å². The summed E-state index contributed by atoms with van der Waals surface area (Å²) in [5, 5.41) is 3.14. The maximum atomic E-state index is 12.6. The Hall–Kier alpha value is -2.79. The molecule has 0 aliphatic carbocycles. The minimum absolute atomic E-state index is 0.0875. The van der Waals surface area contributed by atoms with E-state index in [0.29, 0.717) is 0 Å². The van der Waals surface area contributed by atoms with E-state index in [1.807, 2.05) is 0 Å². The quantitative estimate of drug-likeness (QED) is 0.819. The molecule has 12 heteroatoms. The van der Waals surface area contributed by atoms with Crippen LogP contribution in [0.3, 0.4) is 0 Å². The average molecular weight is 369 g/mol. The van der Waals surface area contributed by atoms with Crippen molar-refractivity contribution in [1.29, 1.82) is 0 Å². The lowest BCUT2D eigenvalue weighted by Crippen LogP contribution is -2.34. The molecule has 136 valence electrons. The number of hydrogen-bond donors (Lipinski definition) is 1. The van der Waals surface area contributed by atoms with E-state index >= 15 is 0 Å². The van der Waals surface area contributed by atoms with E-state index in [1.54, 1.807) is 0 Å². The van der Waals surface area contributed by atoms with Gasteiger partial charge in [-0.25, -0.2) is 0 Å². The zero-order chi connectivity index (χ0) is 18.8. The molecule has 1 aromatic carbocycles. The summed E-state index contributed by atoms with van der Waals surface area (Å²) in [4.78, 5) is 13.8. The lowest BCUT2D eigenvalue weighted by Gasteiger charge is -2.18. The van der Waals surface area contributed by atoms with E-state index in [4.69, 9.17) is 10.5 Å². The molecule has 25 heavy (non-hydrogen) atoms. The van der Waals surface area contributed by atoms with Crippen LogP contribution in [-0.2, 0) is 4.79 Å². The Morgan fingerprint density at radius 2 is 1.68 bits per heavy atom. The number of hydrogen-bond acceptors (Lipinski definition) is 5. The van der Waals surface area contributed by atoms with Gasteiger partial charge in [0.1, 0.15) is 5.75 Å². The van der Waals surface area contributed by atoms with Crippen molar-refractivity contribution < 1.29 is 40.4 Å². The fourth-order valence-electron chi connectivity index (χ4n) is 1.79. The Morgan fingerprint density at radius 1 is 1.12 bits per heavy atom. The van der Waals surface area contributed by atoms with Crippen LogP contribution in [0.2, 0.25) is 0 Å². The number of primary amides is 1. The number of alkyl halides is 6. The van der Waals surface area contributed by atoms with Crippen LogP contribution in [0.5, 0.6) is 5.75 Å². The van der Waals surface area contributed by atoms with Crippen molar-refractivity contribution in [2.75, 3.05) is 6.61 Å². The van der Waals surface area contributed by atoms with E-state index in [-0.39, 0.29) is 11.3 Å². The van der Waals surface area contributed by atoms with Crippen LogP contribution in [0.25, 0.3) is 11.4 Å². The number of carbonyl (C=O) groups excluding carboxylic acids is 1. The fraction of sp³-hybridized carbons (Fsp3) is 0.308. The van der Waals surface area contributed by atoms with Gasteiger partial charge in [-0.3, -0.25) is 4.79 Å². The number of benzene rings is 1. The average Bonchev–Trinajstić information content (AvgIpc) is 2.91. The number of nitrogens with zero attached hydrogens (tertiary/aromatic N) is 2. The van der Waals surface area contributed by atoms with E-state index in [1.165, 1.54) is 24.3 Å². The zero-order valence-corrected chi connectivity index (χ0v) is 12.1. The summed E-state index contributed by atoms with van der Waals surface area (Å²) in [6.07, 6.45) is -11.3. The Bertz CT molecular complexity index is 725. The van der Waals surface area contributed by atoms with Crippen LogP contribution in [0.4, 0.5) is 26.3 Å². The molecule has 0 saturated carbocycles. The molecule has 0 spiro atoms. The van der Waals surface area contributed by atoms with Gasteiger partial charge in [0.25, 0.3) is 5.91 Å². The number of aromatic nitrogens is 2. The fourth-order valence-corrected chi connectivity index (χ4v) is 1.79. The molecule has 2 N–H and O–H groups in total. The molecule has 0 radical (unpaired) electrons. The molecule has 0 bridgehead atoms. The first-order chi connectivity index (χ1) is 11.5. The van der Waals surface area contributed by atoms with Crippen molar-refractivity contribution >= 4 is 5.91 Å². The number of ether oxygens (including phenoxy) is 1. The summed E-state index contributed by atoms with van der Waals surface area (Å²) in [6.45, 7) is -0.398. The Kier molecular flexibility index (Phi) is 4.90. The minimum Gasteiger partial charge on any atom is -0.484 e. The first-order valence-corrected chi connectivity index (χ1v) is 6.47. The van der Waals surface area contributed by atoms with Gasteiger partial charge in [0.05, 0.1) is 0 Å². The molecule has 1 aromatic heterocycles. The van der Waals surface area contributed by atoms with Gasteiger partial charge in [0.15, 0.2) is 6.61 Å². The van der Waals surface area contributed by atoms with Gasteiger partial charge in [-0.2, -0.15) is 31.3 Å². The highest BCUT2D eigenvalue weighted by molar-refractivity contribution is 5.75. The Morgan fingerprint density at radius 3 is 2.16 bits per heavy atom. The van der Waals surface area contributed by atoms with E-state index < -0.39 is 42.5 Å². The summed E-state index contributed by atoms with van der Waals surface area (Å²) in [5.74, 6) is -6.47. The summed E-state index contributed by atoms with van der Waals surface area (Å²) in [5.41, 5.74) is 4.97. The third-order valence-corrected chi connectivity index (χ3v) is 2.84. The highest BCUT2D eigenvalue weighted by Gasteiger charge is 2.60. The maximum absolute atomic E-state index is 12.6. The maximum Gasteiger partial charge on any atom is 0.409 e. The third kappa shape index (κ3) is 4.61. The number of amides is 1. The predicted octanol–water partition coefficient (Wildman–Crippen LogP) is 2.81. The van der Waals surface area contributed by atoms with Crippen LogP contribution >= 0.6 is 0 Å². The topological polar surface area (TPSA) is 91.2 Å². The van der Waals surface area contributed by atoms with Crippen LogP contribution in [0.15, 0.2) is 28.8 Å². The zero-order valence-electron chi connectivity index (χ0n) is 12.1. The SMILES string of the molecule is NC(=O)COc1ccc(-c2noc(C(C(F)(F)F)C(F)(F)F)n2)cc1.